The van der Waals surface area contributed by atoms with Gasteiger partial charge in [-0.1, -0.05) is 19.9 Å². The van der Waals surface area contributed by atoms with Gasteiger partial charge >= 0.3 is 0 Å². The topological polar surface area (TPSA) is 133 Å². The maximum Gasteiger partial charge on any atom is 0.262 e. The van der Waals surface area contributed by atoms with E-state index < -0.39 is 5.92 Å². The molecule has 2 aromatic carbocycles. The molecule has 0 unspecified atom stereocenters. The van der Waals surface area contributed by atoms with E-state index in [1.807, 2.05) is 20.8 Å². The lowest BCUT2D eigenvalue weighted by Gasteiger charge is -2.37. The average molecular weight is 518 g/mol. The zero-order valence-corrected chi connectivity index (χ0v) is 21.9. The molecule has 1 atom stereocenters. The lowest BCUT2D eigenvalue weighted by Crippen LogP contribution is -2.33. The molecule has 0 bridgehead atoms. The second-order valence-corrected chi connectivity index (χ2v) is 9.91. The highest BCUT2D eigenvalue weighted by Crippen LogP contribution is 2.48. The molecular weight excluding hydrogens is 486 g/mol. The van der Waals surface area contributed by atoms with E-state index in [1.165, 1.54) is 0 Å². The van der Waals surface area contributed by atoms with Crippen LogP contribution in [0.1, 0.15) is 45.1 Å². The van der Waals surface area contributed by atoms with Crippen molar-refractivity contribution in [3.63, 3.8) is 0 Å². The van der Waals surface area contributed by atoms with Gasteiger partial charge in [0.2, 0.25) is 5.88 Å². The Bertz CT molecular complexity index is 1350. The van der Waals surface area contributed by atoms with Crippen molar-refractivity contribution >= 4 is 17.4 Å². The number of methoxy groups -OCH3 is 1. The van der Waals surface area contributed by atoms with Crippen molar-refractivity contribution in [1.82, 2.24) is 0 Å². The van der Waals surface area contributed by atoms with Crippen LogP contribution in [0, 0.1) is 16.7 Å². The first-order valence-corrected chi connectivity index (χ1v) is 12.3. The molecule has 0 fully saturated rings. The summed E-state index contributed by atoms with van der Waals surface area (Å²) in [6.45, 7) is 5.92. The number of anilines is 1. The summed E-state index contributed by atoms with van der Waals surface area (Å²) in [5, 5.41) is 12.7. The Morgan fingerprint density at radius 1 is 1.16 bits per heavy atom. The van der Waals surface area contributed by atoms with Crippen LogP contribution in [0.3, 0.4) is 0 Å². The first-order valence-electron chi connectivity index (χ1n) is 12.3. The summed E-state index contributed by atoms with van der Waals surface area (Å²) in [7, 11) is 1.57. The molecule has 3 N–H and O–H groups in total. The van der Waals surface area contributed by atoms with Crippen molar-refractivity contribution in [2.75, 3.05) is 25.6 Å². The minimum absolute atomic E-state index is 0.00441. The highest BCUT2D eigenvalue weighted by Gasteiger charge is 2.43. The lowest BCUT2D eigenvalue weighted by molar-refractivity contribution is -0.119. The summed E-state index contributed by atoms with van der Waals surface area (Å²) < 4.78 is 22.5. The SMILES string of the molecule is CCOc1cc([C@@H]2C(C#N)=C(N)OC3=C2C(=O)CC(C)(C)C3)ccc1OCC(=O)Nc1ccc(OC)cc1. The van der Waals surface area contributed by atoms with Crippen LogP contribution in [0.15, 0.2) is 65.3 Å². The van der Waals surface area contributed by atoms with E-state index in [2.05, 4.69) is 11.4 Å². The van der Waals surface area contributed by atoms with Gasteiger partial charge in [0.25, 0.3) is 5.91 Å². The van der Waals surface area contributed by atoms with Gasteiger partial charge in [0.1, 0.15) is 23.2 Å². The van der Waals surface area contributed by atoms with Gasteiger partial charge in [-0.15, -0.1) is 0 Å². The second kappa shape index (κ2) is 10.9. The molecular formula is C29H31N3O6. The fraction of sp³-hybridized carbons (Fsp3) is 0.345. The molecule has 2 aromatic rings. The normalized spacial score (nSPS) is 18.2. The van der Waals surface area contributed by atoms with E-state index in [0.29, 0.717) is 59.3 Å². The van der Waals surface area contributed by atoms with Gasteiger partial charge in [0.15, 0.2) is 23.9 Å². The molecule has 38 heavy (non-hydrogen) atoms. The van der Waals surface area contributed by atoms with Crippen LogP contribution in [-0.4, -0.2) is 32.0 Å². The number of benzene rings is 2. The molecule has 0 spiro atoms. The number of carbonyl (C=O) groups excluding carboxylic acids is 2. The number of rotatable bonds is 8. The lowest BCUT2D eigenvalue weighted by atomic mass is 9.70. The van der Waals surface area contributed by atoms with Crippen molar-refractivity contribution < 1.29 is 28.5 Å². The molecule has 198 valence electrons. The maximum atomic E-state index is 13.2. The average Bonchev–Trinajstić information content (AvgIpc) is 2.87. The van der Waals surface area contributed by atoms with E-state index >= 15 is 0 Å². The number of nitrogens with one attached hydrogen (secondary N) is 1. The Labute approximate surface area is 221 Å². The van der Waals surface area contributed by atoms with Gasteiger partial charge in [-0.25, -0.2) is 0 Å². The third kappa shape index (κ3) is 5.59. The van der Waals surface area contributed by atoms with E-state index in [9.17, 15) is 14.9 Å². The van der Waals surface area contributed by atoms with Crippen LogP contribution in [0.4, 0.5) is 5.69 Å². The van der Waals surface area contributed by atoms with Crippen molar-refractivity contribution in [3.05, 3.63) is 70.8 Å². The number of hydrogen-bond acceptors (Lipinski definition) is 8. The first kappa shape index (κ1) is 26.6. The highest BCUT2D eigenvalue weighted by atomic mass is 16.5. The number of nitrogens with two attached hydrogens (primary N) is 1. The Balaban J connectivity index is 1.59. The molecule has 0 radical (unpaired) electrons. The number of nitrogens with zero attached hydrogens (tertiary/aromatic N) is 1. The number of nitriles is 1. The number of allylic oxidation sites excluding steroid dienone is 3. The fourth-order valence-corrected chi connectivity index (χ4v) is 4.72. The summed E-state index contributed by atoms with van der Waals surface area (Å²) in [6.07, 6.45) is 0.875. The summed E-state index contributed by atoms with van der Waals surface area (Å²) in [5.41, 5.74) is 7.73. The Morgan fingerprint density at radius 3 is 2.55 bits per heavy atom. The van der Waals surface area contributed by atoms with Gasteiger partial charge in [0.05, 0.1) is 19.6 Å². The predicted octanol–water partition coefficient (Wildman–Crippen LogP) is 4.56. The molecule has 0 saturated carbocycles. The molecule has 9 heteroatoms. The van der Waals surface area contributed by atoms with Crippen LogP contribution < -0.4 is 25.3 Å². The predicted molar refractivity (Wildman–Crippen MR) is 140 cm³/mol. The van der Waals surface area contributed by atoms with Crippen molar-refractivity contribution in [3.8, 4) is 23.3 Å². The Hall–Kier alpha value is -4.45. The monoisotopic (exact) mass is 517 g/mol. The van der Waals surface area contributed by atoms with Gasteiger partial charge in [-0.3, -0.25) is 9.59 Å². The quantitative estimate of drug-likeness (QED) is 0.521. The van der Waals surface area contributed by atoms with Crippen LogP contribution in [0.25, 0.3) is 0 Å². The standard InChI is InChI=1S/C29H31N3O6/c1-5-36-23-12-17(6-11-22(23)37-16-25(34)32-18-7-9-19(35-4)10-8-18)26-20(15-30)28(31)38-24-14-29(2,3)13-21(33)27(24)26/h6-12,26H,5,13-14,16,31H2,1-4H3,(H,32,34)/t26-/m1/s1. The van der Waals surface area contributed by atoms with Crippen molar-refractivity contribution in [2.24, 2.45) is 11.1 Å². The van der Waals surface area contributed by atoms with E-state index in [1.54, 1.807) is 49.6 Å². The van der Waals surface area contributed by atoms with Crippen LogP contribution in [0.2, 0.25) is 0 Å². The van der Waals surface area contributed by atoms with E-state index in [4.69, 9.17) is 24.7 Å². The molecule has 1 aliphatic heterocycles. The number of ether oxygens (including phenoxy) is 4. The second-order valence-electron chi connectivity index (χ2n) is 9.91. The number of amides is 1. The van der Waals surface area contributed by atoms with Crippen LogP contribution in [0.5, 0.6) is 17.2 Å². The third-order valence-electron chi connectivity index (χ3n) is 6.41. The van der Waals surface area contributed by atoms with Gasteiger partial charge in [0, 0.05) is 24.1 Å². The van der Waals surface area contributed by atoms with Gasteiger partial charge < -0.3 is 30.0 Å². The number of carbonyl (C=O) groups is 2. The van der Waals surface area contributed by atoms with Crippen LogP contribution >= 0.6 is 0 Å². The number of hydrogen-bond donors (Lipinski definition) is 2. The summed E-state index contributed by atoms with van der Waals surface area (Å²) in [6, 6.07) is 14.2. The molecule has 1 amide bonds. The first-order chi connectivity index (χ1) is 18.2. The summed E-state index contributed by atoms with van der Waals surface area (Å²) in [5.74, 6) is 0.816. The molecule has 1 heterocycles. The van der Waals surface area contributed by atoms with E-state index in [0.717, 1.165) is 0 Å². The minimum atomic E-state index is -0.682. The van der Waals surface area contributed by atoms with Crippen molar-refractivity contribution in [2.45, 2.75) is 39.5 Å². The molecule has 0 saturated heterocycles. The molecule has 4 rings (SSSR count). The number of Topliss-reactive ketones (excluding diaryl/α,β-unsaturated/α-hetero) is 1. The van der Waals surface area contributed by atoms with Crippen LogP contribution in [-0.2, 0) is 14.3 Å². The van der Waals surface area contributed by atoms with Crippen molar-refractivity contribution in [1.29, 1.82) is 5.26 Å². The van der Waals surface area contributed by atoms with Gasteiger partial charge in [-0.05, 0) is 54.3 Å². The largest absolute Gasteiger partial charge is 0.497 e. The minimum Gasteiger partial charge on any atom is -0.497 e. The van der Waals surface area contributed by atoms with Gasteiger partial charge in [-0.2, -0.15) is 5.26 Å². The maximum absolute atomic E-state index is 13.2. The zero-order chi connectivity index (χ0) is 27.4. The molecule has 2 aliphatic rings. The smallest absolute Gasteiger partial charge is 0.262 e. The summed E-state index contributed by atoms with van der Waals surface area (Å²) >= 11 is 0. The Morgan fingerprint density at radius 2 is 1.89 bits per heavy atom. The molecule has 0 aromatic heterocycles. The van der Waals surface area contributed by atoms with E-state index in [-0.39, 0.29) is 35.2 Å². The third-order valence-corrected chi connectivity index (χ3v) is 6.41. The summed E-state index contributed by atoms with van der Waals surface area (Å²) in [4.78, 5) is 25.7. The zero-order valence-electron chi connectivity index (χ0n) is 21.9. The number of ketones is 1. The molecule has 1 aliphatic carbocycles. The Kier molecular flexibility index (Phi) is 7.62. The fourth-order valence-electron chi connectivity index (χ4n) is 4.72. The highest BCUT2D eigenvalue weighted by molar-refractivity contribution is 6.00. The molecule has 9 nitrogen and oxygen atoms in total.